The number of ether oxygens (including phenoxy) is 1. The van der Waals surface area contributed by atoms with E-state index in [1.165, 1.54) is 321 Å². The number of aliphatic hydroxyl groups excluding tert-OH is 2. The van der Waals surface area contributed by atoms with E-state index >= 15 is 0 Å². The minimum absolute atomic E-state index is 0.00237. The number of rotatable bonds is 69. The Morgan fingerprint density at radius 1 is 0.346 bits per heavy atom. The Morgan fingerprint density at radius 3 is 0.975 bits per heavy atom. The first-order valence-electron chi connectivity index (χ1n) is 36.7. The molecule has 0 bridgehead atoms. The number of nitrogens with one attached hydrogen (secondary N) is 1. The Morgan fingerprint density at radius 2 is 0.617 bits per heavy atom. The highest BCUT2D eigenvalue weighted by Gasteiger charge is 2.20. The standard InChI is InChI=1S/C75H143NO5/c1-3-5-7-9-11-13-15-17-19-20-21-30-33-36-40-43-47-51-55-59-63-67-73(78)72(71-77)76-74(79)68-64-60-56-52-48-44-41-37-34-31-28-26-24-22-23-25-27-29-32-35-38-42-46-50-54-58-62-66-70-81-75(80)69-65-61-57-53-49-45-39-18-16-14-12-10-8-6-4-2/h12,14,18,22-23,39,72-73,77-78H,3-11,13,15-17,19-21,24-38,40-71H2,1-2H3,(H,76,79)/b14-12-,23-22-,39-18-. The van der Waals surface area contributed by atoms with Gasteiger partial charge in [-0.3, -0.25) is 9.59 Å². The number of allylic oxidation sites excluding steroid dienone is 6. The number of unbranched alkanes of at least 4 members (excludes halogenated alkanes) is 52. The molecule has 0 aliphatic carbocycles. The van der Waals surface area contributed by atoms with E-state index in [9.17, 15) is 19.8 Å². The van der Waals surface area contributed by atoms with Crippen LogP contribution < -0.4 is 5.32 Å². The van der Waals surface area contributed by atoms with E-state index in [1.807, 2.05) is 0 Å². The van der Waals surface area contributed by atoms with Crippen LogP contribution in [0.15, 0.2) is 36.5 Å². The molecule has 0 fully saturated rings. The summed E-state index contributed by atoms with van der Waals surface area (Å²) < 4.78 is 5.49. The molecule has 2 unspecified atom stereocenters. The predicted octanol–water partition coefficient (Wildman–Crippen LogP) is 23.9. The third-order valence-electron chi connectivity index (χ3n) is 17.2. The zero-order valence-electron chi connectivity index (χ0n) is 54.8. The lowest BCUT2D eigenvalue weighted by atomic mass is 10.0. The first-order valence-corrected chi connectivity index (χ1v) is 36.7. The van der Waals surface area contributed by atoms with E-state index in [-0.39, 0.29) is 18.5 Å². The summed E-state index contributed by atoms with van der Waals surface area (Å²) in [5.41, 5.74) is 0. The monoisotopic (exact) mass is 1140 g/mol. The first kappa shape index (κ1) is 79.1. The van der Waals surface area contributed by atoms with Crippen molar-refractivity contribution in [1.29, 1.82) is 0 Å². The van der Waals surface area contributed by atoms with Crippen LogP contribution in [0.5, 0.6) is 0 Å². The van der Waals surface area contributed by atoms with Crippen molar-refractivity contribution in [2.75, 3.05) is 13.2 Å². The lowest BCUT2D eigenvalue weighted by molar-refractivity contribution is -0.143. The number of carbonyl (C=O) groups excluding carboxylic acids is 2. The van der Waals surface area contributed by atoms with Gasteiger partial charge < -0.3 is 20.3 Å². The van der Waals surface area contributed by atoms with Crippen molar-refractivity contribution in [2.45, 2.75) is 418 Å². The summed E-state index contributed by atoms with van der Waals surface area (Å²) in [6.07, 6.45) is 90.6. The highest BCUT2D eigenvalue weighted by Crippen LogP contribution is 2.19. The molecule has 0 radical (unpaired) electrons. The summed E-state index contributed by atoms with van der Waals surface area (Å²) >= 11 is 0. The average molecular weight is 1140 g/mol. The van der Waals surface area contributed by atoms with Crippen LogP contribution >= 0.6 is 0 Å². The van der Waals surface area contributed by atoms with Crippen molar-refractivity contribution in [2.24, 2.45) is 0 Å². The number of esters is 1. The average Bonchev–Trinajstić information content (AvgIpc) is 3.47. The van der Waals surface area contributed by atoms with Crippen LogP contribution in [-0.2, 0) is 14.3 Å². The third-order valence-corrected chi connectivity index (χ3v) is 17.2. The molecule has 478 valence electrons. The maximum absolute atomic E-state index is 12.6. The van der Waals surface area contributed by atoms with Gasteiger partial charge in [0.25, 0.3) is 0 Å². The topological polar surface area (TPSA) is 95.9 Å². The molecule has 1 amide bonds. The van der Waals surface area contributed by atoms with Crippen molar-refractivity contribution in [3.63, 3.8) is 0 Å². The predicted molar refractivity (Wildman–Crippen MR) is 356 cm³/mol. The quantitative estimate of drug-likeness (QED) is 0.0320. The molecule has 0 aliphatic rings. The largest absolute Gasteiger partial charge is 0.466 e. The van der Waals surface area contributed by atoms with Crippen LogP contribution in [0.25, 0.3) is 0 Å². The van der Waals surface area contributed by atoms with Gasteiger partial charge in [0, 0.05) is 12.8 Å². The van der Waals surface area contributed by atoms with Gasteiger partial charge >= 0.3 is 5.97 Å². The Kier molecular flexibility index (Phi) is 68.9. The number of hydrogen-bond donors (Lipinski definition) is 3. The summed E-state index contributed by atoms with van der Waals surface area (Å²) in [4.78, 5) is 24.6. The summed E-state index contributed by atoms with van der Waals surface area (Å²) in [6, 6.07) is -0.543. The molecule has 0 spiro atoms. The van der Waals surface area contributed by atoms with Gasteiger partial charge in [0.15, 0.2) is 0 Å². The molecule has 81 heavy (non-hydrogen) atoms. The molecular formula is C75H143NO5. The molecular weight excluding hydrogens is 995 g/mol. The minimum atomic E-state index is -0.666. The zero-order chi connectivity index (χ0) is 58.5. The second kappa shape index (κ2) is 70.6. The van der Waals surface area contributed by atoms with Gasteiger partial charge in [-0.15, -0.1) is 0 Å². The van der Waals surface area contributed by atoms with Crippen molar-refractivity contribution in [3.05, 3.63) is 36.5 Å². The first-order chi connectivity index (χ1) is 40.0. The molecule has 0 aromatic heterocycles. The van der Waals surface area contributed by atoms with E-state index < -0.39 is 12.1 Å². The van der Waals surface area contributed by atoms with Crippen LogP contribution in [0.2, 0.25) is 0 Å². The van der Waals surface area contributed by atoms with Crippen LogP contribution in [0.1, 0.15) is 406 Å². The van der Waals surface area contributed by atoms with Gasteiger partial charge in [-0.1, -0.05) is 346 Å². The third kappa shape index (κ3) is 67.1. The van der Waals surface area contributed by atoms with E-state index in [1.54, 1.807) is 0 Å². The van der Waals surface area contributed by atoms with E-state index in [4.69, 9.17) is 4.74 Å². The fraction of sp³-hybridized carbons (Fsp3) is 0.893. The molecule has 0 saturated carbocycles. The fourth-order valence-electron chi connectivity index (χ4n) is 11.6. The number of carbonyl (C=O) groups is 2. The van der Waals surface area contributed by atoms with Crippen LogP contribution in [-0.4, -0.2) is 47.4 Å². The maximum atomic E-state index is 12.6. The van der Waals surface area contributed by atoms with Gasteiger partial charge in [0.1, 0.15) is 0 Å². The van der Waals surface area contributed by atoms with Crippen LogP contribution in [0, 0.1) is 0 Å². The normalized spacial score (nSPS) is 12.7. The molecule has 0 aromatic rings. The summed E-state index contributed by atoms with van der Waals surface area (Å²) in [6.45, 7) is 4.96. The zero-order valence-corrected chi connectivity index (χ0v) is 54.8. The molecule has 0 heterocycles. The van der Waals surface area contributed by atoms with Crippen LogP contribution in [0.4, 0.5) is 0 Å². The lowest BCUT2D eigenvalue weighted by Crippen LogP contribution is -2.45. The molecule has 0 aromatic carbocycles. The number of amides is 1. The number of hydrogen-bond acceptors (Lipinski definition) is 5. The van der Waals surface area contributed by atoms with Gasteiger partial charge in [0.05, 0.1) is 25.4 Å². The molecule has 6 nitrogen and oxygen atoms in total. The molecule has 3 N–H and O–H groups in total. The smallest absolute Gasteiger partial charge is 0.305 e. The Hall–Kier alpha value is -1.92. The second-order valence-corrected chi connectivity index (χ2v) is 25.3. The van der Waals surface area contributed by atoms with Gasteiger partial charge in [-0.2, -0.15) is 0 Å². The molecule has 0 rings (SSSR count). The fourth-order valence-corrected chi connectivity index (χ4v) is 11.6. The highest BCUT2D eigenvalue weighted by molar-refractivity contribution is 5.76. The van der Waals surface area contributed by atoms with Crippen molar-refractivity contribution >= 4 is 11.9 Å². The van der Waals surface area contributed by atoms with Crippen LogP contribution in [0.3, 0.4) is 0 Å². The van der Waals surface area contributed by atoms with Crippen molar-refractivity contribution in [1.82, 2.24) is 5.32 Å². The van der Waals surface area contributed by atoms with E-state index in [2.05, 4.69) is 55.6 Å². The Bertz CT molecular complexity index is 1310. The van der Waals surface area contributed by atoms with Gasteiger partial charge in [0.2, 0.25) is 5.91 Å². The molecule has 0 aliphatic heterocycles. The van der Waals surface area contributed by atoms with Crippen molar-refractivity contribution < 1.29 is 24.5 Å². The summed E-state index contributed by atoms with van der Waals surface area (Å²) in [7, 11) is 0. The molecule has 2 atom stereocenters. The summed E-state index contributed by atoms with van der Waals surface area (Å²) in [5, 5.41) is 23.4. The van der Waals surface area contributed by atoms with E-state index in [0.29, 0.717) is 25.9 Å². The van der Waals surface area contributed by atoms with E-state index in [0.717, 1.165) is 51.4 Å². The molecule has 0 saturated heterocycles. The van der Waals surface area contributed by atoms with Crippen molar-refractivity contribution in [3.8, 4) is 0 Å². The lowest BCUT2D eigenvalue weighted by Gasteiger charge is -2.22. The minimum Gasteiger partial charge on any atom is -0.466 e. The Balaban J connectivity index is 3.38. The molecule has 6 heteroatoms. The summed E-state index contributed by atoms with van der Waals surface area (Å²) in [5.74, 6) is -0.0284. The highest BCUT2D eigenvalue weighted by atomic mass is 16.5. The second-order valence-electron chi connectivity index (χ2n) is 25.3. The number of aliphatic hydroxyl groups is 2. The van der Waals surface area contributed by atoms with Gasteiger partial charge in [-0.05, 0) is 83.5 Å². The van der Waals surface area contributed by atoms with Gasteiger partial charge in [-0.25, -0.2) is 0 Å². The SMILES string of the molecule is CCCCC/C=C\C/C=C\CCCCCCCC(=O)OCCCCCCCCCCCCCC/C=C\CCCCCCCCCCCCCCC(=O)NC(CO)C(O)CCCCCCCCCCCCCCCCCCCCCCC. The maximum Gasteiger partial charge on any atom is 0.305 e. The Labute approximate surface area is 506 Å².